The molecule has 1 aliphatic heterocycles. The van der Waals surface area contributed by atoms with Gasteiger partial charge in [0.05, 0.1) is 55.9 Å². The SMILES string of the molecule is C=Nc1ccccc1C(=O)N(C)[C@@H](CC(C)C)C(=O)NC(CC(=O)OC)c1cncc(N2CCOC[C@@H]2C)c1. The third-order valence-electron chi connectivity index (χ3n) is 6.85. The van der Waals surface area contributed by atoms with Crippen LogP contribution >= 0.6 is 0 Å². The maximum Gasteiger partial charge on any atom is 0.307 e. The maximum absolute atomic E-state index is 13.8. The molecule has 0 aliphatic carbocycles. The number of pyridine rings is 1. The van der Waals surface area contributed by atoms with Crippen molar-refractivity contribution >= 4 is 35.9 Å². The van der Waals surface area contributed by atoms with Gasteiger partial charge in [0, 0.05) is 25.8 Å². The lowest BCUT2D eigenvalue weighted by Crippen LogP contribution is -2.49. The summed E-state index contributed by atoms with van der Waals surface area (Å²) in [6.45, 7) is 11.5. The maximum atomic E-state index is 13.8. The summed E-state index contributed by atoms with van der Waals surface area (Å²) in [5, 5.41) is 3.01. The van der Waals surface area contributed by atoms with E-state index in [4.69, 9.17) is 9.47 Å². The molecule has 1 aromatic heterocycles. The molecule has 2 aromatic rings. The van der Waals surface area contributed by atoms with Gasteiger partial charge in [-0.15, -0.1) is 0 Å². The van der Waals surface area contributed by atoms with Gasteiger partial charge in [-0.05, 0) is 49.7 Å². The first-order valence-electron chi connectivity index (χ1n) is 13.2. The average Bonchev–Trinajstić information content (AvgIpc) is 2.94. The van der Waals surface area contributed by atoms with Crippen LogP contribution < -0.4 is 10.2 Å². The molecule has 1 fully saturated rings. The number of carbonyl (C=O) groups excluding carboxylic acids is 3. The molecule has 1 aromatic carbocycles. The molecule has 1 unspecified atom stereocenters. The highest BCUT2D eigenvalue weighted by Gasteiger charge is 2.32. The zero-order valence-corrected chi connectivity index (χ0v) is 23.4. The third-order valence-corrected chi connectivity index (χ3v) is 6.85. The van der Waals surface area contributed by atoms with Crippen LogP contribution in [0.2, 0.25) is 0 Å². The zero-order chi connectivity index (χ0) is 28.5. The van der Waals surface area contributed by atoms with Crippen molar-refractivity contribution in [2.24, 2.45) is 10.9 Å². The number of esters is 1. The monoisotopic (exact) mass is 537 g/mol. The fourth-order valence-electron chi connectivity index (χ4n) is 4.68. The number of para-hydroxylation sites is 1. The molecule has 10 nitrogen and oxygen atoms in total. The minimum atomic E-state index is -0.786. The normalized spacial score (nSPS) is 16.8. The van der Waals surface area contributed by atoms with Crippen LogP contribution in [0.5, 0.6) is 0 Å². The Labute approximate surface area is 230 Å². The molecule has 1 aliphatic rings. The number of aliphatic imine (C=N–C) groups is 1. The van der Waals surface area contributed by atoms with Crippen LogP contribution in [0.1, 0.15) is 55.6 Å². The van der Waals surface area contributed by atoms with E-state index in [0.29, 0.717) is 43.0 Å². The molecular weight excluding hydrogens is 498 g/mol. The summed E-state index contributed by atoms with van der Waals surface area (Å²) in [4.78, 5) is 51.5. The Balaban J connectivity index is 1.90. The highest BCUT2D eigenvalue weighted by molar-refractivity contribution is 6.01. The van der Waals surface area contributed by atoms with Crippen LogP contribution in [0.15, 0.2) is 47.7 Å². The minimum absolute atomic E-state index is 0.0820. The highest BCUT2D eigenvalue weighted by Crippen LogP contribution is 2.26. The number of morpholine rings is 1. The Morgan fingerprint density at radius 2 is 2.03 bits per heavy atom. The second-order valence-electron chi connectivity index (χ2n) is 10.2. The van der Waals surface area contributed by atoms with Gasteiger partial charge < -0.3 is 24.6 Å². The fourth-order valence-corrected chi connectivity index (χ4v) is 4.68. The van der Waals surface area contributed by atoms with Crippen LogP contribution in [0.25, 0.3) is 0 Å². The third kappa shape index (κ3) is 7.63. The van der Waals surface area contributed by atoms with Crippen molar-refractivity contribution in [1.29, 1.82) is 0 Å². The number of anilines is 1. The Kier molecular flexibility index (Phi) is 10.6. The number of nitrogens with zero attached hydrogens (tertiary/aromatic N) is 4. The predicted molar refractivity (Wildman–Crippen MR) is 150 cm³/mol. The molecule has 1 saturated heterocycles. The van der Waals surface area contributed by atoms with Crippen molar-refractivity contribution in [1.82, 2.24) is 15.2 Å². The number of hydrogen-bond donors (Lipinski definition) is 1. The van der Waals surface area contributed by atoms with Gasteiger partial charge in [0.15, 0.2) is 0 Å². The summed E-state index contributed by atoms with van der Waals surface area (Å²) in [7, 11) is 2.91. The van der Waals surface area contributed by atoms with Crippen molar-refractivity contribution in [3.8, 4) is 0 Å². The summed E-state index contributed by atoms with van der Waals surface area (Å²) >= 11 is 0. The van der Waals surface area contributed by atoms with E-state index in [1.165, 1.54) is 12.0 Å². The lowest BCUT2D eigenvalue weighted by Gasteiger charge is -2.35. The highest BCUT2D eigenvalue weighted by atomic mass is 16.5. The largest absolute Gasteiger partial charge is 0.469 e. The second kappa shape index (κ2) is 13.8. The van der Waals surface area contributed by atoms with Gasteiger partial charge in [-0.3, -0.25) is 24.4 Å². The van der Waals surface area contributed by atoms with Crippen LogP contribution in [0, 0.1) is 5.92 Å². The van der Waals surface area contributed by atoms with Crippen LogP contribution in [0.4, 0.5) is 11.4 Å². The van der Waals surface area contributed by atoms with Crippen molar-refractivity contribution in [2.75, 3.05) is 38.8 Å². The average molecular weight is 538 g/mol. The molecule has 0 radical (unpaired) electrons. The minimum Gasteiger partial charge on any atom is -0.469 e. The molecular formula is C29H39N5O5. The van der Waals surface area contributed by atoms with E-state index < -0.39 is 18.1 Å². The second-order valence-corrected chi connectivity index (χ2v) is 10.2. The van der Waals surface area contributed by atoms with E-state index in [9.17, 15) is 14.4 Å². The lowest BCUT2D eigenvalue weighted by molar-refractivity contribution is -0.141. The zero-order valence-electron chi connectivity index (χ0n) is 23.4. The van der Waals surface area contributed by atoms with E-state index in [1.807, 2.05) is 19.9 Å². The van der Waals surface area contributed by atoms with E-state index in [0.717, 1.165) is 5.69 Å². The summed E-state index contributed by atoms with van der Waals surface area (Å²) in [6, 6.07) is 7.49. The summed E-state index contributed by atoms with van der Waals surface area (Å²) in [5.41, 5.74) is 2.36. The van der Waals surface area contributed by atoms with Crippen molar-refractivity contribution in [3.05, 3.63) is 53.9 Å². The number of likely N-dealkylation sites (N-methyl/N-ethyl adjacent to an activating group) is 1. The fraction of sp³-hybridized carbons (Fsp3) is 0.483. The van der Waals surface area contributed by atoms with Crippen molar-refractivity contribution in [3.63, 3.8) is 0 Å². The molecule has 10 heteroatoms. The number of ether oxygens (including phenoxy) is 2. The first kappa shape index (κ1) is 29.8. The summed E-state index contributed by atoms with van der Waals surface area (Å²) < 4.78 is 10.5. The number of carbonyl (C=O) groups is 3. The number of hydrogen-bond acceptors (Lipinski definition) is 8. The number of nitrogens with one attached hydrogen (secondary N) is 1. The molecule has 2 heterocycles. The molecule has 0 spiro atoms. The summed E-state index contributed by atoms with van der Waals surface area (Å²) in [6.07, 6.45) is 3.75. The van der Waals surface area contributed by atoms with E-state index in [-0.39, 0.29) is 30.2 Å². The number of methoxy groups -OCH3 is 1. The Bertz CT molecular complexity index is 1170. The number of amides is 2. The van der Waals surface area contributed by atoms with Gasteiger partial charge in [-0.1, -0.05) is 26.0 Å². The summed E-state index contributed by atoms with van der Waals surface area (Å²) in [5.74, 6) is -1.06. The standard InChI is InChI=1S/C29H39N5O5/c1-19(2)13-26(33(5)29(37)23-9-7-8-10-24(23)30-4)28(36)32-25(15-27(35)38-6)21-14-22(17-31-16-21)34-11-12-39-18-20(34)3/h7-10,14,16-17,19-20,25-26H,4,11-13,15,18H2,1-3,5-6H3,(H,32,36)/t20-,25?,26-/m0/s1. The van der Waals surface area contributed by atoms with Gasteiger partial charge in [0.25, 0.3) is 5.91 Å². The molecule has 39 heavy (non-hydrogen) atoms. The van der Waals surface area contributed by atoms with Gasteiger partial charge in [0.2, 0.25) is 5.91 Å². The molecule has 0 saturated carbocycles. The Hall–Kier alpha value is -3.79. The number of benzene rings is 1. The van der Waals surface area contributed by atoms with Crippen LogP contribution in [-0.4, -0.2) is 80.4 Å². The first-order chi connectivity index (χ1) is 18.7. The quantitative estimate of drug-likeness (QED) is 0.345. The van der Waals surface area contributed by atoms with Gasteiger partial charge in [-0.25, -0.2) is 0 Å². The smallest absolute Gasteiger partial charge is 0.307 e. The Morgan fingerprint density at radius 1 is 1.28 bits per heavy atom. The van der Waals surface area contributed by atoms with E-state index in [1.54, 1.807) is 43.7 Å². The van der Waals surface area contributed by atoms with Crippen molar-refractivity contribution < 1.29 is 23.9 Å². The molecule has 0 bridgehead atoms. The van der Waals surface area contributed by atoms with Crippen LogP contribution in [0.3, 0.4) is 0 Å². The molecule has 1 N–H and O–H groups in total. The van der Waals surface area contributed by atoms with Gasteiger partial charge >= 0.3 is 5.97 Å². The van der Waals surface area contributed by atoms with Gasteiger partial charge in [-0.2, -0.15) is 0 Å². The molecule has 3 rings (SSSR count). The predicted octanol–water partition coefficient (Wildman–Crippen LogP) is 3.55. The molecule has 2 amide bonds. The van der Waals surface area contributed by atoms with Crippen molar-refractivity contribution in [2.45, 2.75) is 51.7 Å². The molecule has 210 valence electrons. The number of rotatable bonds is 11. The van der Waals surface area contributed by atoms with Crippen LogP contribution in [-0.2, 0) is 19.1 Å². The lowest BCUT2D eigenvalue weighted by atomic mass is 9.99. The van der Waals surface area contributed by atoms with E-state index >= 15 is 0 Å². The van der Waals surface area contributed by atoms with Gasteiger partial charge in [0.1, 0.15) is 6.04 Å². The topological polar surface area (TPSA) is 113 Å². The Morgan fingerprint density at radius 3 is 2.69 bits per heavy atom. The molecule has 3 atom stereocenters. The first-order valence-corrected chi connectivity index (χ1v) is 13.2. The van der Waals surface area contributed by atoms with E-state index in [2.05, 4.69) is 33.8 Å². The number of aromatic nitrogens is 1.